The standard InChI is InChI=1S/C20H22N8O5.2HO3P/c1-28(9-11-8-23-17-15(24-11)16(21)26-20(22)27-17)12-4-2-10(3-5-12)18(31)25-13(19(32)33)6-7-14(29)30;2*1-4(2)3/h2-5,8,13H,6-7,9H2,1H3,(H,25,31)(H,29,30)(H,32,33)(H4,21,22,23,26,27);2*(H-,1,2,3)/p+2/t13-;;/m0../s1. The van der Waals surface area contributed by atoms with Gasteiger partial charge in [-0.3, -0.25) is 9.59 Å². The first-order valence-corrected chi connectivity index (χ1v) is 13.2. The SMILES string of the molecule is CN(Cc1cnc2nc(N)nc(N)c2n1)c1ccc(C(=O)N[C@@H](CCC(=O)O)C(=O)O)cc1.O=[P+](O)O.O=[P+](O)O. The minimum Gasteiger partial charge on any atom is -0.481 e. The molecule has 2 aromatic heterocycles. The molecule has 0 saturated carbocycles. The van der Waals surface area contributed by atoms with E-state index >= 15 is 0 Å². The van der Waals surface area contributed by atoms with Crippen molar-refractivity contribution in [2.45, 2.75) is 25.4 Å². The van der Waals surface area contributed by atoms with Gasteiger partial charge >= 0.3 is 28.4 Å². The number of aliphatic carboxylic acids is 2. The molecule has 1 amide bonds. The Labute approximate surface area is 232 Å². The zero-order valence-corrected chi connectivity index (χ0v) is 22.9. The number of nitrogens with two attached hydrogens (primary N) is 2. The maximum Gasteiger partial charge on any atom is 0.692 e. The van der Waals surface area contributed by atoms with Crippen molar-refractivity contribution in [3.05, 3.63) is 41.7 Å². The van der Waals surface area contributed by atoms with E-state index in [4.69, 9.17) is 45.3 Å². The van der Waals surface area contributed by atoms with Crippen LogP contribution in [0.5, 0.6) is 0 Å². The van der Waals surface area contributed by atoms with Crippen molar-refractivity contribution in [2.24, 2.45) is 0 Å². The lowest BCUT2D eigenvalue weighted by atomic mass is 10.1. The molecule has 1 aromatic carbocycles. The fourth-order valence-corrected chi connectivity index (χ4v) is 3.03. The molecular formula is C20H26N8O11P2+2. The van der Waals surface area contributed by atoms with Gasteiger partial charge in [0.25, 0.3) is 5.91 Å². The van der Waals surface area contributed by atoms with E-state index < -0.39 is 40.4 Å². The molecule has 0 spiro atoms. The van der Waals surface area contributed by atoms with Crippen LogP contribution in [-0.4, -0.2) is 80.7 Å². The van der Waals surface area contributed by atoms with Gasteiger partial charge in [0.1, 0.15) is 6.04 Å². The molecule has 3 aromatic rings. The molecule has 0 radical (unpaired) electrons. The average Bonchev–Trinajstić information content (AvgIpc) is 2.86. The summed E-state index contributed by atoms with van der Waals surface area (Å²) in [5.74, 6) is -2.91. The van der Waals surface area contributed by atoms with Crippen molar-refractivity contribution >= 4 is 63.0 Å². The molecule has 0 bridgehead atoms. The second-order valence-electron chi connectivity index (χ2n) is 7.71. The number of nitrogen functional groups attached to an aromatic ring is 2. The number of rotatable bonds is 9. The first-order chi connectivity index (χ1) is 19.1. The van der Waals surface area contributed by atoms with Crippen LogP contribution in [0.4, 0.5) is 17.5 Å². The summed E-state index contributed by atoms with van der Waals surface area (Å²) >= 11 is 0. The van der Waals surface area contributed by atoms with E-state index in [9.17, 15) is 19.5 Å². The summed E-state index contributed by atoms with van der Waals surface area (Å²) in [5.41, 5.74) is 13.7. The summed E-state index contributed by atoms with van der Waals surface area (Å²) in [6, 6.07) is 5.16. The van der Waals surface area contributed by atoms with Crippen molar-refractivity contribution in [1.29, 1.82) is 0 Å². The Balaban J connectivity index is 0.000000930. The number of carbonyl (C=O) groups excluding carboxylic acids is 1. The van der Waals surface area contributed by atoms with Gasteiger partial charge in [-0.25, -0.2) is 14.8 Å². The van der Waals surface area contributed by atoms with Crippen LogP contribution in [0.3, 0.4) is 0 Å². The number of hydrogen-bond donors (Lipinski definition) is 9. The van der Waals surface area contributed by atoms with Crippen molar-refractivity contribution in [1.82, 2.24) is 25.3 Å². The molecule has 41 heavy (non-hydrogen) atoms. The van der Waals surface area contributed by atoms with Crippen LogP contribution in [0.2, 0.25) is 0 Å². The number of hydrogen-bond acceptors (Lipinski definition) is 12. The van der Waals surface area contributed by atoms with E-state index in [2.05, 4.69) is 25.3 Å². The third-order valence-corrected chi connectivity index (χ3v) is 4.72. The molecule has 220 valence electrons. The van der Waals surface area contributed by atoms with E-state index in [1.807, 2.05) is 11.9 Å². The van der Waals surface area contributed by atoms with Crippen LogP contribution in [0.1, 0.15) is 28.9 Å². The highest BCUT2D eigenvalue weighted by atomic mass is 31.1. The fourth-order valence-electron chi connectivity index (χ4n) is 3.03. The number of carbonyl (C=O) groups is 3. The smallest absolute Gasteiger partial charge is 0.481 e. The monoisotopic (exact) mass is 616 g/mol. The van der Waals surface area contributed by atoms with Crippen LogP contribution in [0, 0.1) is 0 Å². The van der Waals surface area contributed by atoms with E-state index in [1.54, 1.807) is 18.3 Å². The normalized spacial score (nSPS) is 10.7. The summed E-state index contributed by atoms with van der Waals surface area (Å²) in [6.07, 6.45) is 0.964. The Morgan fingerprint density at radius 1 is 0.976 bits per heavy atom. The molecule has 11 N–H and O–H groups in total. The molecule has 19 nitrogen and oxygen atoms in total. The number of carboxylic acids is 2. The van der Waals surface area contributed by atoms with Crippen molar-refractivity contribution < 1.29 is 53.3 Å². The van der Waals surface area contributed by atoms with Crippen molar-refractivity contribution in [3.8, 4) is 0 Å². The highest BCUT2D eigenvalue weighted by Gasteiger charge is 2.21. The molecular weight excluding hydrogens is 590 g/mol. The molecule has 0 unspecified atom stereocenters. The van der Waals surface area contributed by atoms with Gasteiger partial charge < -0.3 is 31.9 Å². The summed E-state index contributed by atoms with van der Waals surface area (Å²) in [5, 5.41) is 20.2. The molecule has 2 heterocycles. The molecule has 0 fully saturated rings. The van der Waals surface area contributed by atoms with E-state index in [-0.39, 0.29) is 30.2 Å². The second kappa shape index (κ2) is 16.6. The molecule has 1 atom stereocenters. The first kappa shape index (κ1) is 34.5. The van der Waals surface area contributed by atoms with Gasteiger partial charge in [0.2, 0.25) is 5.95 Å². The Kier molecular flexibility index (Phi) is 13.9. The maximum absolute atomic E-state index is 12.4. The predicted octanol–water partition coefficient (Wildman–Crippen LogP) is -0.475. The number of amides is 1. The van der Waals surface area contributed by atoms with Gasteiger partial charge in [-0.1, -0.05) is 0 Å². The Morgan fingerprint density at radius 3 is 2.05 bits per heavy atom. The summed E-state index contributed by atoms with van der Waals surface area (Å²) in [6.45, 7) is 0.370. The first-order valence-electron chi connectivity index (χ1n) is 10.9. The summed E-state index contributed by atoms with van der Waals surface area (Å²) < 4.78 is 17.4. The summed E-state index contributed by atoms with van der Waals surface area (Å²) in [4.78, 5) is 81.2. The van der Waals surface area contributed by atoms with Crippen LogP contribution in [-0.2, 0) is 25.3 Å². The highest BCUT2D eigenvalue weighted by Crippen LogP contribution is 2.19. The molecule has 0 aliphatic carbocycles. The third-order valence-electron chi connectivity index (χ3n) is 4.72. The lowest BCUT2D eigenvalue weighted by Crippen LogP contribution is -2.41. The quantitative estimate of drug-likeness (QED) is 0.137. The van der Waals surface area contributed by atoms with Crippen molar-refractivity contribution in [3.63, 3.8) is 0 Å². The predicted molar refractivity (Wildman–Crippen MR) is 142 cm³/mol. The van der Waals surface area contributed by atoms with Crippen LogP contribution in [0.25, 0.3) is 11.2 Å². The zero-order valence-electron chi connectivity index (χ0n) is 21.1. The van der Waals surface area contributed by atoms with E-state index in [0.717, 1.165) is 5.69 Å². The molecule has 21 heteroatoms. The number of fused-ring (bicyclic) bond motifs is 1. The van der Waals surface area contributed by atoms with Crippen LogP contribution in [0.15, 0.2) is 30.5 Å². The minimum atomic E-state index is -2.87. The number of nitrogens with zero attached hydrogens (tertiary/aromatic N) is 5. The molecule has 0 aliphatic heterocycles. The van der Waals surface area contributed by atoms with Gasteiger partial charge in [-0.2, -0.15) is 9.97 Å². The number of carboxylic acid groups (broad SMARTS) is 2. The lowest BCUT2D eigenvalue weighted by Gasteiger charge is -2.19. The van der Waals surface area contributed by atoms with Gasteiger partial charge in [0, 0.05) is 33.8 Å². The topological polar surface area (TPSA) is 326 Å². The highest BCUT2D eigenvalue weighted by molar-refractivity contribution is 7.31. The van der Waals surface area contributed by atoms with E-state index in [1.165, 1.54) is 12.1 Å². The number of anilines is 3. The van der Waals surface area contributed by atoms with Crippen LogP contribution < -0.4 is 21.7 Å². The second-order valence-corrected chi connectivity index (χ2v) is 8.72. The molecule has 0 aliphatic rings. The van der Waals surface area contributed by atoms with Gasteiger partial charge in [-0.15, -0.1) is 19.6 Å². The largest absolute Gasteiger partial charge is 0.692 e. The van der Waals surface area contributed by atoms with Gasteiger partial charge in [0.15, 0.2) is 17.0 Å². The molecule has 3 rings (SSSR count). The Hall–Kier alpha value is -4.51. The number of benzene rings is 1. The lowest BCUT2D eigenvalue weighted by molar-refractivity contribution is -0.140. The van der Waals surface area contributed by atoms with Crippen molar-refractivity contribution in [2.75, 3.05) is 23.4 Å². The average molecular weight is 616 g/mol. The van der Waals surface area contributed by atoms with Crippen LogP contribution >= 0.6 is 16.5 Å². The Morgan fingerprint density at radius 2 is 1.54 bits per heavy atom. The van der Waals surface area contributed by atoms with Gasteiger partial charge in [-0.05, 0) is 30.7 Å². The minimum absolute atomic E-state index is 0.0138. The van der Waals surface area contributed by atoms with E-state index in [0.29, 0.717) is 23.4 Å². The number of nitrogens with one attached hydrogen (secondary N) is 1. The third kappa shape index (κ3) is 12.9. The fraction of sp³-hybridized carbons (Fsp3) is 0.250. The Bertz CT molecular complexity index is 1390. The maximum atomic E-state index is 12.4. The zero-order chi connectivity index (χ0) is 31.3. The number of aromatic nitrogens is 4. The molecule has 0 saturated heterocycles. The van der Waals surface area contributed by atoms with Gasteiger partial charge in [0.05, 0.1) is 18.4 Å². The summed E-state index contributed by atoms with van der Waals surface area (Å²) in [7, 11) is -3.93.